The molecule has 1 amide bonds. The van der Waals surface area contributed by atoms with Gasteiger partial charge in [-0.25, -0.2) is 4.98 Å². The number of hydrogen-bond acceptors (Lipinski definition) is 3. The Morgan fingerprint density at radius 1 is 1.12 bits per heavy atom. The first-order valence-electron chi connectivity index (χ1n) is 7.65. The molecule has 0 saturated heterocycles. The Morgan fingerprint density at radius 3 is 2.67 bits per heavy atom. The molecule has 0 radical (unpaired) electrons. The second-order valence-corrected chi connectivity index (χ2v) is 7.38. The van der Waals surface area contributed by atoms with E-state index >= 15 is 0 Å². The Labute approximate surface area is 154 Å². The third-order valence-electron chi connectivity index (χ3n) is 3.67. The van der Waals surface area contributed by atoms with Gasteiger partial charge in [-0.15, -0.1) is 0 Å². The first kappa shape index (κ1) is 17.0. The number of fused-ring (bicyclic) bond motifs is 1. The van der Waals surface area contributed by atoms with Gasteiger partial charge in [-0.1, -0.05) is 64.1 Å². The third kappa shape index (κ3) is 4.36. The summed E-state index contributed by atoms with van der Waals surface area (Å²) >= 11 is 4.87. The fraction of sp³-hybridized carbons (Fsp3) is 0.158. The zero-order valence-electron chi connectivity index (χ0n) is 13.2. The van der Waals surface area contributed by atoms with E-state index in [4.69, 9.17) is 0 Å². The van der Waals surface area contributed by atoms with Crippen LogP contribution in [0.4, 0.5) is 0 Å². The van der Waals surface area contributed by atoms with Crippen molar-refractivity contribution in [3.8, 4) is 0 Å². The van der Waals surface area contributed by atoms with Crippen LogP contribution in [0.15, 0.2) is 70.2 Å². The van der Waals surface area contributed by atoms with E-state index in [2.05, 4.69) is 26.2 Å². The summed E-state index contributed by atoms with van der Waals surface area (Å²) in [6, 6.07) is 19.9. The minimum atomic E-state index is -0.0178. The highest BCUT2D eigenvalue weighted by Crippen LogP contribution is 2.20. The summed E-state index contributed by atoms with van der Waals surface area (Å²) in [7, 11) is 0. The molecule has 1 N–H and O–H groups in total. The molecule has 1 aromatic heterocycles. The van der Waals surface area contributed by atoms with Gasteiger partial charge in [0, 0.05) is 9.86 Å². The SMILES string of the molecule is C[C@H](NC(=O)CSc1ccc2ccccc2n1)c1ccc(Br)cc1. The van der Waals surface area contributed by atoms with Crippen LogP contribution in [0.1, 0.15) is 18.5 Å². The number of nitrogens with one attached hydrogen (secondary N) is 1. The lowest BCUT2D eigenvalue weighted by Gasteiger charge is -2.14. The number of halogens is 1. The first-order valence-corrected chi connectivity index (χ1v) is 9.43. The molecular weight excluding hydrogens is 384 g/mol. The Bertz CT molecular complexity index is 851. The number of para-hydroxylation sites is 1. The summed E-state index contributed by atoms with van der Waals surface area (Å²) in [5, 5.41) is 4.99. The lowest BCUT2D eigenvalue weighted by atomic mass is 10.1. The molecular formula is C19H17BrN2OS. The molecule has 0 aliphatic rings. The van der Waals surface area contributed by atoms with Gasteiger partial charge in [0.1, 0.15) is 0 Å². The van der Waals surface area contributed by atoms with E-state index in [1.807, 2.05) is 67.6 Å². The molecule has 0 unspecified atom stereocenters. The van der Waals surface area contributed by atoms with Crippen molar-refractivity contribution < 1.29 is 4.79 Å². The minimum absolute atomic E-state index is 0.00498. The van der Waals surface area contributed by atoms with Crippen LogP contribution in [0.5, 0.6) is 0 Å². The van der Waals surface area contributed by atoms with Gasteiger partial charge in [-0.2, -0.15) is 0 Å². The molecule has 0 bridgehead atoms. The van der Waals surface area contributed by atoms with Gasteiger partial charge in [0.15, 0.2) is 0 Å². The van der Waals surface area contributed by atoms with Crippen molar-refractivity contribution in [3.05, 3.63) is 70.7 Å². The molecule has 5 heteroatoms. The molecule has 1 heterocycles. The highest BCUT2D eigenvalue weighted by molar-refractivity contribution is 9.10. The summed E-state index contributed by atoms with van der Waals surface area (Å²) in [4.78, 5) is 16.7. The molecule has 3 rings (SSSR count). The average molecular weight is 401 g/mol. The van der Waals surface area contributed by atoms with Crippen molar-refractivity contribution in [3.63, 3.8) is 0 Å². The van der Waals surface area contributed by atoms with E-state index in [1.165, 1.54) is 11.8 Å². The third-order valence-corrected chi connectivity index (χ3v) is 5.13. The maximum atomic E-state index is 12.2. The van der Waals surface area contributed by atoms with E-state index in [9.17, 15) is 4.79 Å². The smallest absolute Gasteiger partial charge is 0.230 e. The zero-order chi connectivity index (χ0) is 16.9. The monoisotopic (exact) mass is 400 g/mol. The van der Waals surface area contributed by atoms with E-state index in [-0.39, 0.29) is 11.9 Å². The fourth-order valence-electron chi connectivity index (χ4n) is 2.39. The fourth-order valence-corrected chi connectivity index (χ4v) is 3.34. The first-order chi connectivity index (χ1) is 11.6. The number of amides is 1. The predicted molar refractivity (Wildman–Crippen MR) is 103 cm³/mol. The molecule has 24 heavy (non-hydrogen) atoms. The van der Waals surface area contributed by atoms with Crippen LogP contribution in [0, 0.1) is 0 Å². The molecule has 0 spiro atoms. The van der Waals surface area contributed by atoms with Gasteiger partial charge in [0.05, 0.1) is 22.3 Å². The van der Waals surface area contributed by atoms with E-state index in [0.29, 0.717) is 5.75 Å². The van der Waals surface area contributed by atoms with Crippen LogP contribution in [0.3, 0.4) is 0 Å². The lowest BCUT2D eigenvalue weighted by Crippen LogP contribution is -2.28. The largest absolute Gasteiger partial charge is 0.349 e. The molecule has 0 aliphatic carbocycles. The predicted octanol–water partition coefficient (Wildman–Crippen LogP) is 4.97. The van der Waals surface area contributed by atoms with E-state index in [0.717, 1.165) is 26.0 Å². The van der Waals surface area contributed by atoms with Crippen molar-refractivity contribution in [2.45, 2.75) is 18.0 Å². The average Bonchev–Trinajstić information content (AvgIpc) is 2.60. The molecule has 0 aliphatic heterocycles. The van der Waals surface area contributed by atoms with Gasteiger partial charge in [0.2, 0.25) is 5.91 Å². The van der Waals surface area contributed by atoms with Crippen molar-refractivity contribution in [1.29, 1.82) is 0 Å². The van der Waals surface area contributed by atoms with E-state index < -0.39 is 0 Å². The number of hydrogen-bond donors (Lipinski definition) is 1. The Hall–Kier alpha value is -1.85. The normalized spacial score (nSPS) is 12.1. The number of benzene rings is 2. The van der Waals surface area contributed by atoms with Crippen molar-refractivity contribution in [1.82, 2.24) is 10.3 Å². The highest BCUT2D eigenvalue weighted by Gasteiger charge is 2.10. The van der Waals surface area contributed by atoms with Crippen LogP contribution in [0.25, 0.3) is 10.9 Å². The lowest BCUT2D eigenvalue weighted by molar-refractivity contribution is -0.119. The van der Waals surface area contributed by atoms with Crippen molar-refractivity contribution in [2.24, 2.45) is 0 Å². The van der Waals surface area contributed by atoms with Crippen molar-refractivity contribution in [2.75, 3.05) is 5.75 Å². The maximum absolute atomic E-state index is 12.2. The molecule has 0 saturated carbocycles. The molecule has 3 aromatic rings. The van der Waals surface area contributed by atoms with E-state index in [1.54, 1.807) is 0 Å². The summed E-state index contributed by atoms with van der Waals surface area (Å²) in [5.41, 5.74) is 2.03. The number of rotatable bonds is 5. The quantitative estimate of drug-likeness (QED) is 0.614. The number of pyridine rings is 1. The minimum Gasteiger partial charge on any atom is -0.349 e. The van der Waals surface area contributed by atoms with Gasteiger partial charge in [0.25, 0.3) is 0 Å². The summed E-state index contributed by atoms with van der Waals surface area (Å²) in [6.45, 7) is 1.99. The second-order valence-electron chi connectivity index (χ2n) is 5.47. The maximum Gasteiger partial charge on any atom is 0.230 e. The number of carbonyl (C=O) groups is 1. The van der Waals surface area contributed by atoms with Gasteiger partial charge in [-0.3, -0.25) is 4.79 Å². The Balaban J connectivity index is 1.57. The van der Waals surface area contributed by atoms with Gasteiger partial charge < -0.3 is 5.32 Å². The van der Waals surface area contributed by atoms with Crippen LogP contribution in [0.2, 0.25) is 0 Å². The number of carbonyl (C=O) groups excluding carboxylic acids is 1. The van der Waals surface area contributed by atoms with Gasteiger partial charge in [-0.05, 0) is 36.8 Å². The highest BCUT2D eigenvalue weighted by atomic mass is 79.9. The van der Waals surface area contributed by atoms with Crippen LogP contribution < -0.4 is 5.32 Å². The number of nitrogens with zero attached hydrogens (tertiary/aromatic N) is 1. The summed E-state index contributed by atoms with van der Waals surface area (Å²) in [5.74, 6) is 0.358. The van der Waals surface area contributed by atoms with Crippen LogP contribution >= 0.6 is 27.7 Å². The second kappa shape index (κ2) is 7.81. The summed E-state index contributed by atoms with van der Waals surface area (Å²) in [6.07, 6.45) is 0. The Morgan fingerprint density at radius 2 is 1.88 bits per heavy atom. The van der Waals surface area contributed by atoms with Gasteiger partial charge >= 0.3 is 0 Å². The standard InChI is InChI=1S/C19H17BrN2OS/c1-13(14-6-9-16(20)10-7-14)21-18(23)12-24-19-11-8-15-4-2-3-5-17(15)22-19/h2-11,13H,12H2,1H3,(H,21,23)/t13-/m0/s1. The van der Waals surface area contributed by atoms with Crippen molar-refractivity contribution >= 4 is 44.5 Å². The topological polar surface area (TPSA) is 42.0 Å². The zero-order valence-corrected chi connectivity index (χ0v) is 15.6. The number of thioether (sulfide) groups is 1. The molecule has 2 aromatic carbocycles. The Kier molecular flexibility index (Phi) is 5.53. The van der Waals surface area contributed by atoms with Crippen LogP contribution in [-0.2, 0) is 4.79 Å². The number of aromatic nitrogens is 1. The summed E-state index contributed by atoms with van der Waals surface area (Å²) < 4.78 is 1.03. The molecule has 3 nitrogen and oxygen atoms in total. The molecule has 0 fully saturated rings. The molecule has 1 atom stereocenters. The molecule has 122 valence electrons. The van der Waals surface area contributed by atoms with Crippen LogP contribution in [-0.4, -0.2) is 16.6 Å².